The van der Waals surface area contributed by atoms with Crippen LogP contribution in [0.1, 0.15) is 47.0 Å². The van der Waals surface area contributed by atoms with E-state index in [2.05, 4.69) is 5.32 Å². The van der Waals surface area contributed by atoms with E-state index < -0.39 is 0 Å². The molecule has 1 heterocycles. The lowest BCUT2D eigenvalue weighted by Gasteiger charge is -2.33. The number of hydrogen-bond acceptors (Lipinski definition) is 2. The van der Waals surface area contributed by atoms with E-state index in [1.54, 1.807) is 0 Å². The van der Waals surface area contributed by atoms with Gasteiger partial charge < -0.3 is 10.2 Å². The van der Waals surface area contributed by atoms with E-state index in [0.717, 1.165) is 25.9 Å². The van der Waals surface area contributed by atoms with Crippen molar-refractivity contribution in [1.29, 1.82) is 0 Å². The predicted octanol–water partition coefficient (Wildman–Crippen LogP) is 1.80. The Bertz CT molecular complexity index is 292. The summed E-state index contributed by atoms with van der Waals surface area (Å²) in [4.78, 5) is 25.4. The van der Waals surface area contributed by atoms with E-state index >= 15 is 0 Å². The van der Waals surface area contributed by atoms with Crippen LogP contribution in [0.5, 0.6) is 0 Å². The van der Waals surface area contributed by atoms with Gasteiger partial charge in [-0.15, -0.1) is 0 Å². The smallest absolute Gasteiger partial charge is 0.225 e. The number of nitrogens with zero attached hydrogens (tertiary/aromatic N) is 1. The van der Waals surface area contributed by atoms with Crippen LogP contribution in [-0.2, 0) is 9.59 Å². The zero-order valence-electron chi connectivity index (χ0n) is 12.0. The minimum Gasteiger partial charge on any atom is -0.353 e. The molecule has 18 heavy (non-hydrogen) atoms. The summed E-state index contributed by atoms with van der Waals surface area (Å²) in [6.45, 7) is 9.48. The van der Waals surface area contributed by atoms with Crippen molar-refractivity contribution in [2.45, 2.75) is 53.0 Å². The highest BCUT2D eigenvalue weighted by Gasteiger charge is 2.24. The number of piperidine rings is 1. The van der Waals surface area contributed by atoms with E-state index in [4.69, 9.17) is 0 Å². The van der Waals surface area contributed by atoms with Crippen LogP contribution < -0.4 is 5.32 Å². The molecule has 1 N–H and O–H groups in total. The van der Waals surface area contributed by atoms with Gasteiger partial charge in [0.15, 0.2) is 0 Å². The first kappa shape index (κ1) is 15.0. The molecule has 0 aromatic carbocycles. The molecule has 1 aliphatic heterocycles. The van der Waals surface area contributed by atoms with Gasteiger partial charge in [0.1, 0.15) is 0 Å². The Balaban J connectivity index is 2.31. The number of rotatable bonds is 4. The highest BCUT2D eigenvalue weighted by atomic mass is 16.2. The average Bonchev–Trinajstić information content (AvgIpc) is 2.27. The number of nitrogens with one attached hydrogen (secondary N) is 1. The molecule has 1 aliphatic rings. The summed E-state index contributed by atoms with van der Waals surface area (Å²) in [5.74, 6) is 0.824. The summed E-state index contributed by atoms with van der Waals surface area (Å²) in [6, 6.07) is 0.243. The molecule has 0 aromatic heterocycles. The first-order valence-corrected chi connectivity index (χ1v) is 6.98. The zero-order valence-corrected chi connectivity index (χ0v) is 12.0. The SMILES string of the molecule is CC(C)CC(=O)NC1CCN(C(=O)C(C)C)CC1. The molecular weight excluding hydrogens is 228 g/mol. The molecule has 1 rings (SSSR count). The van der Waals surface area contributed by atoms with Crippen molar-refractivity contribution in [3.63, 3.8) is 0 Å². The largest absolute Gasteiger partial charge is 0.353 e. The number of carbonyl (C=O) groups is 2. The molecule has 0 spiro atoms. The Labute approximate surface area is 110 Å². The van der Waals surface area contributed by atoms with Gasteiger partial charge in [0.05, 0.1) is 0 Å². The molecule has 2 amide bonds. The van der Waals surface area contributed by atoms with Crippen molar-refractivity contribution in [2.75, 3.05) is 13.1 Å². The Kier molecular flexibility index (Phi) is 5.63. The van der Waals surface area contributed by atoms with Gasteiger partial charge in [-0.25, -0.2) is 0 Å². The van der Waals surface area contributed by atoms with Crippen LogP contribution in [0.15, 0.2) is 0 Å². The molecule has 0 unspecified atom stereocenters. The molecule has 0 atom stereocenters. The molecular formula is C14H26N2O2. The molecule has 0 aromatic rings. The second-order valence-electron chi connectivity index (χ2n) is 5.92. The monoisotopic (exact) mass is 254 g/mol. The van der Waals surface area contributed by atoms with E-state index in [-0.39, 0.29) is 23.8 Å². The molecule has 4 nitrogen and oxygen atoms in total. The third kappa shape index (κ3) is 4.67. The third-order valence-corrected chi connectivity index (χ3v) is 3.26. The fourth-order valence-corrected chi connectivity index (χ4v) is 2.27. The second-order valence-corrected chi connectivity index (χ2v) is 5.92. The van der Waals surface area contributed by atoms with Crippen molar-refractivity contribution in [2.24, 2.45) is 11.8 Å². The fraction of sp³-hybridized carbons (Fsp3) is 0.857. The lowest BCUT2D eigenvalue weighted by molar-refractivity contribution is -0.135. The first-order valence-electron chi connectivity index (χ1n) is 6.98. The van der Waals surface area contributed by atoms with Gasteiger partial charge in [0, 0.05) is 31.5 Å². The number of amides is 2. The summed E-state index contributed by atoms with van der Waals surface area (Å²) in [5, 5.41) is 3.06. The van der Waals surface area contributed by atoms with Crippen molar-refractivity contribution < 1.29 is 9.59 Å². The Morgan fingerprint density at radius 1 is 1.17 bits per heavy atom. The van der Waals surface area contributed by atoms with Crippen LogP contribution in [-0.4, -0.2) is 35.8 Å². The number of hydrogen-bond donors (Lipinski definition) is 1. The molecule has 0 bridgehead atoms. The predicted molar refractivity (Wildman–Crippen MR) is 72.0 cm³/mol. The molecule has 0 saturated carbocycles. The normalized spacial score (nSPS) is 17.3. The lowest BCUT2D eigenvalue weighted by atomic mass is 10.0. The van der Waals surface area contributed by atoms with Gasteiger partial charge in [0.2, 0.25) is 11.8 Å². The van der Waals surface area contributed by atoms with Gasteiger partial charge >= 0.3 is 0 Å². The van der Waals surface area contributed by atoms with E-state index in [1.807, 2.05) is 32.6 Å². The van der Waals surface area contributed by atoms with E-state index in [1.165, 1.54) is 0 Å². The standard InChI is InChI=1S/C14H26N2O2/c1-10(2)9-13(17)15-12-5-7-16(8-6-12)14(18)11(3)4/h10-12H,5-9H2,1-4H3,(H,15,17). The van der Waals surface area contributed by atoms with Crippen LogP contribution >= 0.6 is 0 Å². The maximum Gasteiger partial charge on any atom is 0.225 e. The molecule has 104 valence electrons. The third-order valence-electron chi connectivity index (χ3n) is 3.26. The van der Waals surface area contributed by atoms with Crippen LogP contribution in [0.25, 0.3) is 0 Å². The van der Waals surface area contributed by atoms with Gasteiger partial charge in [-0.3, -0.25) is 9.59 Å². The zero-order chi connectivity index (χ0) is 13.7. The quantitative estimate of drug-likeness (QED) is 0.831. The van der Waals surface area contributed by atoms with Gasteiger partial charge in [-0.1, -0.05) is 27.7 Å². The van der Waals surface area contributed by atoms with Crippen LogP contribution in [0, 0.1) is 11.8 Å². The first-order chi connectivity index (χ1) is 8.40. The van der Waals surface area contributed by atoms with E-state index in [0.29, 0.717) is 12.3 Å². The second kappa shape index (κ2) is 6.76. The minimum atomic E-state index is 0.0667. The lowest BCUT2D eigenvalue weighted by Crippen LogP contribution is -2.47. The summed E-state index contributed by atoms with van der Waals surface area (Å²) in [7, 11) is 0. The molecule has 1 fully saturated rings. The molecule has 0 aliphatic carbocycles. The maximum absolute atomic E-state index is 11.8. The number of carbonyl (C=O) groups excluding carboxylic acids is 2. The van der Waals surface area contributed by atoms with Crippen molar-refractivity contribution in [3.8, 4) is 0 Å². The summed E-state index contributed by atoms with van der Waals surface area (Å²) in [6.07, 6.45) is 2.34. The van der Waals surface area contributed by atoms with E-state index in [9.17, 15) is 9.59 Å². The highest BCUT2D eigenvalue weighted by Crippen LogP contribution is 2.13. The molecule has 1 saturated heterocycles. The average molecular weight is 254 g/mol. The highest BCUT2D eigenvalue weighted by molar-refractivity contribution is 5.78. The van der Waals surface area contributed by atoms with Crippen LogP contribution in [0.2, 0.25) is 0 Å². The van der Waals surface area contributed by atoms with Gasteiger partial charge in [0.25, 0.3) is 0 Å². The summed E-state index contributed by atoms with van der Waals surface area (Å²) >= 11 is 0. The van der Waals surface area contributed by atoms with Gasteiger partial charge in [-0.2, -0.15) is 0 Å². The van der Waals surface area contributed by atoms with Crippen molar-refractivity contribution >= 4 is 11.8 Å². The Morgan fingerprint density at radius 3 is 2.17 bits per heavy atom. The Morgan fingerprint density at radius 2 is 1.72 bits per heavy atom. The van der Waals surface area contributed by atoms with Crippen LogP contribution in [0.4, 0.5) is 0 Å². The van der Waals surface area contributed by atoms with Gasteiger partial charge in [-0.05, 0) is 18.8 Å². The molecule has 0 radical (unpaired) electrons. The summed E-state index contributed by atoms with van der Waals surface area (Å²) in [5.41, 5.74) is 0. The summed E-state index contributed by atoms with van der Waals surface area (Å²) < 4.78 is 0. The van der Waals surface area contributed by atoms with Crippen LogP contribution in [0.3, 0.4) is 0 Å². The van der Waals surface area contributed by atoms with Crippen molar-refractivity contribution in [1.82, 2.24) is 10.2 Å². The fourth-order valence-electron chi connectivity index (χ4n) is 2.27. The maximum atomic E-state index is 11.8. The Hall–Kier alpha value is -1.06. The van der Waals surface area contributed by atoms with Crippen molar-refractivity contribution in [3.05, 3.63) is 0 Å². The minimum absolute atomic E-state index is 0.0667. The molecule has 4 heteroatoms. The topological polar surface area (TPSA) is 49.4 Å². The number of likely N-dealkylation sites (tertiary alicyclic amines) is 1.